The fourth-order valence-corrected chi connectivity index (χ4v) is 2.35. The molecule has 0 heterocycles. The molecule has 0 radical (unpaired) electrons. The number of rotatable bonds is 3. The van der Waals surface area contributed by atoms with E-state index in [0.717, 1.165) is 16.8 Å². The highest BCUT2D eigenvalue weighted by Gasteiger charge is 2.13. The number of nitro benzene ring substituents is 1. The molecule has 25 heavy (non-hydrogen) atoms. The SMILES string of the molecule is Cc1ccc(C)c(NC(=S)NNC(=S)Nc2ccccc2[N+](=O)[O-])c1. The van der Waals surface area contributed by atoms with Crippen LogP contribution in [0.3, 0.4) is 0 Å². The number of nitrogens with zero attached hydrogens (tertiary/aromatic N) is 1. The number of hydrogen-bond donors (Lipinski definition) is 4. The molecule has 0 amide bonds. The van der Waals surface area contributed by atoms with Gasteiger partial charge >= 0.3 is 0 Å². The summed E-state index contributed by atoms with van der Waals surface area (Å²) in [5.41, 5.74) is 8.71. The second-order valence-corrected chi connectivity index (χ2v) is 6.07. The van der Waals surface area contributed by atoms with Crippen LogP contribution in [0.1, 0.15) is 11.1 Å². The van der Waals surface area contributed by atoms with Crippen molar-refractivity contribution >= 4 is 51.7 Å². The van der Waals surface area contributed by atoms with Crippen LogP contribution in [0.4, 0.5) is 17.1 Å². The van der Waals surface area contributed by atoms with Crippen LogP contribution in [-0.4, -0.2) is 15.1 Å². The first-order valence-electron chi connectivity index (χ1n) is 7.31. The Hall–Kier alpha value is -2.78. The molecule has 9 heteroatoms. The van der Waals surface area contributed by atoms with Gasteiger partial charge in [0.25, 0.3) is 5.69 Å². The summed E-state index contributed by atoms with van der Waals surface area (Å²) in [7, 11) is 0. The van der Waals surface area contributed by atoms with E-state index in [1.807, 2.05) is 32.0 Å². The number of nitro groups is 1. The number of hydrazine groups is 1. The molecule has 0 unspecified atom stereocenters. The lowest BCUT2D eigenvalue weighted by Crippen LogP contribution is -2.45. The molecule has 4 N–H and O–H groups in total. The Morgan fingerprint density at radius 1 is 0.960 bits per heavy atom. The van der Waals surface area contributed by atoms with Gasteiger partial charge < -0.3 is 10.6 Å². The van der Waals surface area contributed by atoms with E-state index in [4.69, 9.17) is 24.4 Å². The zero-order chi connectivity index (χ0) is 18.4. The molecule has 0 fully saturated rings. The zero-order valence-electron chi connectivity index (χ0n) is 13.6. The third-order valence-corrected chi connectivity index (χ3v) is 3.69. The maximum absolute atomic E-state index is 11.0. The molecule has 2 rings (SSSR count). The molecule has 2 aromatic rings. The van der Waals surface area contributed by atoms with Gasteiger partial charge in [-0.05, 0) is 61.5 Å². The number of nitrogens with one attached hydrogen (secondary N) is 4. The van der Waals surface area contributed by atoms with Crippen molar-refractivity contribution in [3.8, 4) is 0 Å². The van der Waals surface area contributed by atoms with Gasteiger partial charge in [-0.2, -0.15) is 0 Å². The summed E-state index contributed by atoms with van der Waals surface area (Å²) in [6, 6.07) is 12.2. The van der Waals surface area contributed by atoms with Crippen LogP contribution in [0.25, 0.3) is 0 Å². The van der Waals surface area contributed by atoms with Crippen molar-refractivity contribution in [2.24, 2.45) is 0 Å². The zero-order valence-corrected chi connectivity index (χ0v) is 15.3. The summed E-state index contributed by atoms with van der Waals surface area (Å²) in [5, 5.41) is 17.3. The summed E-state index contributed by atoms with van der Waals surface area (Å²) in [5.74, 6) is 0. The number of benzene rings is 2. The van der Waals surface area contributed by atoms with E-state index in [9.17, 15) is 10.1 Å². The molecule has 0 aliphatic carbocycles. The molecular formula is C16H17N5O2S2. The van der Waals surface area contributed by atoms with Gasteiger partial charge in [0.15, 0.2) is 10.2 Å². The van der Waals surface area contributed by atoms with Gasteiger partial charge in [0.1, 0.15) is 5.69 Å². The highest BCUT2D eigenvalue weighted by molar-refractivity contribution is 7.81. The Morgan fingerprint density at radius 2 is 1.56 bits per heavy atom. The second-order valence-electron chi connectivity index (χ2n) is 5.25. The van der Waals surface area contributed by atoms with Crippen LogP contribution in [-0.2, 0) is 0 Å². The third kappa shape index (κ3) is 5.37. The molecule has 2 aromatic carbocycles. The first kappa shape index (κ1) is 18.6. The van der Waals surface area contributed by atoms with Crippen LogP contribution in [0, 0.1) is 24.0 Å². The van der Waals surface area contributed by atoms with Gasteiger partial charge in [-0.3, -0.25) is 21.0 Å². The smallest absolute Gasteiger partial charge is 0.292 e. The minimum atomic E-state index is -0.481. The maximum Gasteiger partial charge on any atom is 0.292 e. The average Bonchev–Trinajstić information content (AvgIpc) is 2.56. The molecule has 0 spiro atoms. The van der Waals surface area contributed by atoms with E-state index in [1.54, 1.807) is 18.2 Å². The van der Waals surface area contributed by atoms with Crippen molar-refractivity contribution in [3.63, 3.8) is 0 Å². The number of hydrogen-bond acceptors (Lipinski definition) is 4. The van der Waals surface area contributed by atoms with Crippen LogP contribution < -0.4 is 21.5 Å². The molecule has 0 aromatic heterocycles. The van der Waals surface area contributed by atoms with Crippen molar-refractivity contribution < 1.29 is 4.92 Å². The lowest BCUT2D eigenvalue weighted by molar-refractivity contribution is -0.383. The monoisotopic (exact) mass is 375 g/mol. The van der Waals surface area contributed by atoms with Crippen molar-refractivity contribution in [2.75, 3.05) is 10.6 Å². The molecule has 7 nitrogen and oxygen atoms in total. The lowest BCUT2D eigenvalue weighted by Gasteiger charge is -2.15. The summed E-state index contributed by atoms with van der Waals surface area (Å²) >= 11 is 10.3. The average molecular weight is 375 g/mol. The Labute approximate surface area is 155 Å². The van der Waals surface area contributed by atoms with Crippen molar-refractivity contribution in [1.29, 1.82) is 0 Å². The molecule has 0 saturated carbocycles. The molecule has 0 saturated heterocycles. The first-order chi connectivity index (χ1) is 11.9. The topological polar surface area (TPSA) is 91.3 Å². The van der Waals surface area contributed by atoms with E-state index >= 15 is 0 Å². The van der Waals surface area contributed by atoms with Gasteiger partial charge in [0.05, 0.1) is 4.92 Å². The number of thiocarbonyl (C=S) groups is 2. The molecule has 0 aliphatic heterocycles. The molecule has 0 aliphatic rings. The van der Waals surface area contributed by atoms with Crippen LogP contribution >= 0.6 is 24.4 Å². The van der Waals surface area contributed by atoms with Gasteiger partial charge in [-0.15, -0.1) is 0 Å². The maximum atomic E-state index is 11.0. The number of para-hydroxylation sites is 2. The molecular weight excluding hydrogens is 358 g/mol. The third-order valence-electron chi connectivity index (χ3n) is 3.28. The molecule has 0 bridgehead atoms. The van der Waals surface area contributed by atoms with Crippen molar-refractivity contribution in [3.05, 3.63) is 63.7 Å². The fraction of sp³-hybridized carbons (Fsp3) is 0.125. The first-order valence-corrected chi connectivity index (χ1v) is 8.13. The standard InChI is InChI=1S/C16H17N5O2S2/c1-10-7-8-11(2)13(9-10)18-16(25)20-19-15(24)17-12-5-3-4-6-14(12)21(22)23/h3-9H,1-2H3,(H2,17,19,24)(H2,18,20,25). The second kappa shape index (κ2) is 8.36. The fourth-order valence-electron chi connectivity index (χ4n) is 2.03. The minimum absolute atomic E-state index is 0.0669. The van der Waals surface area contributed by atoms with Gasteiger partial charge in [0.2, 0.25) is 0 Å². The lowest BCUT2D eigenvalue weighted by atomic mass is 10.1. The highest BCUT2D eigenvalue weighted by Crippen LogP contribution is 2.22. The normalized spacial score (nSPS) is 9.84. The Balaban J connectivity index is 1.91. The Morgan fingerprint density at radius 3 is 2.20 bits per heavy atom. The predicted molar refractivity (Wildman–Crippen MR) is 108 cm³/mol. The van der Waals surface area contributed by atoms with Gasteiger partial charge in [-0.1, -0.05) is 24.3 Å². The number of aryl methyl sites for hydroxylation is 2. The summed E-state index contributed by atoms with van der Waals surface area (Å²) in [6.07, 6.45) is 0. The Bertz CT molecular complexity index is 826. The van der Waals surface area contributed by atoms with Crippen LogP contribution in [0.2, 0.25) is 0 Å². The summed E-state index contributed by atoms with van der Waals surface area (Å²) < 4.78 is 0. The van der Waals surface area contributed by atoms with E-state index < -0.39 is 4.92 Å². The number of anilines is 2. The quantitative estimate of drug-likeness (QED) is 0.369. The minimum Gasteiger partial charge on any atom is -0.331 e. The summed E-state index contributed by atoms with van der Waals surface area (Å²) in [6.45, 7) is 3.96. The van der Waals surface area contributed by atoms with Crippen LogP contribution in [0.15, 0.2) is 42.5 Å². The van der Waals surface area contributed by atoms with Crippen molar-refractivity contribution in [1.82, 2.24) is 10.9 Å². The van der Waals surface area contributed by atoms with Crippen molar-refractivity contribution in [2.45, 2.75) is 13.8 Å². The Kier molecular flexibility index (Phi) is 6.20. The highest BCUT2D eigenvalue weighted by atomic mass is 32.1. The van der Waals surface area contributed by atoms with E-state index in [0.29, 0.717) is 10.8 Å². The van der Waals surface area contributed by atoms with Gasteiger partial charge in [0, 0.05) is 11.8 Å². The van der Waals surface area contributed by atoms with Crippen LogP contribution in [0.5, 0.6) is 0 Å². The molecule has 0 atom stereocenters. The summed E-state index contributed by atoms with van der Waals surface area (Å²) in [4.78, 5) is 10.5. The predicted octanol–water partition coefficient (Wildman–Crippen LogP) is 3.40. The molecule has 130 valence electrons. The van der Waals surface area contributed by atoms with E-state index in [-0.39, 0.29) is 10.8 Å². The largest absolute Gasteiger partial charge is 0.331 e. The van der Waals surface area contributed by atoms with E-state index in [1.165, 1.54) is 6.07 Å². The van der Waals surface area contributed by atoms with Gasteiger partial charge in [-0.25, -0.2) is 0 Å². The van der Waals surface area contributed by atoms with E-state index in [2.05, 4.69) is 21.5 Å².